The van der Waals surface area contributed by atoms with Crippen LogP contribution in [-0.4, -0.2) is 17.5 Å². The molecule has 2 fully saturated rings. The van der Waals surface area contributed by atoms with Gasteiger partial charge >= 0.3 is 0 Å². The molecule has 70 valence electrons. The van der Waals surface area contributed by atoms with E-state index in [0.29, 0.717) is 0 Å². The van der Waals surface area contributed by atoms with Crippen LogP contribution in [0.4, 0.5) is 0 Å². The van der Waals surface area contributed by atoms with Gasteiger partial charge in [-0.1, -0.05) is 20.8 Å². The van der Waals surface area contributed by atoms with Crippen LogP contribution in [0.3, 0.4) is 0 Å². The smallest absolute Gasteiger partial charge is 0.190 e. The molecule has 0 aromatic heterocycles. The average molecular weight is 178 g/mol. The van der Waals surface area contributed by atoms with Crippen LogP contribution in [0.15, 0.2) is 12.2 Å². The van der Waals surface area contributed by atoms with Crippen molar-refractivity contribution >= 4 is 5.78 Å². The van der Waals surface area contributed by atoms with Crippen molar-refractivity contribution in [2.45, 2.75) is 38.9 Å². The maximum absolute atomic E-state index is 11.7. The fourth-order valence-corrected chi connectivity index (χ4v) is 3.03. The van der Waals surface area contributed by atoms with Gasteiger partial charge in [0, 0.05) is 5.41 Å². The molecule has 2 heteroatoms. The third-order valence-electron chi connectivity index (χ3n) is 4.43. The van der Waals surface area contributed by atoms with Gasteiger partial charge in [0.2, 0.25) is 0 Å². The third kappa shape index (κ3) is 0.583. The van der Waals surface area contributed by atoms with Crippen molar-refractivity contribution < 1.29 is 9.53 Å². The van der Waals surface area contributed by atoms with Crippen molar-refractivity contribution in [3.05, 3.63) is 12.2 Å². The quantitative estimate of drug-likeness (QED) is 0.572. The number of hydrogen-bond acceptors (Lipinski definition) is 2. The van der Waals surface area contributed by atoms with Crippen molar-refractivity contribution in [1.82, 2.24) is 0 Å². The van der Waals surface area contributed by atoms with E-state index in [-0.39, 0.29) is 22.7 Å². The molecule has 1 saturated carbocycles. The Bertz CT molecular complexity index is 342. The van der Waals surface area contributed by atoms with Gasteiger partial charge in [0.1, 0.15) is 6.10 Å². The zero-order valence-electron chi connectivity index (χ0n) is 8.26. The number of epoxide rings is 1. The molecule has 13 heavy (non-hydrogen) atoms. The van der Waals surface area contributed by atoms with E-state index >= 15 is 0 Å². The SMILES string of the molecule is CC1(C)CC1(C)C12OC1C=CC2=O. The number of ketones is 1. The zero-order valence-corrected chi connectivity index (χ0v) is 8.26. The lowest BCUT2D eigenvalue weighted by atomic mass is 9.81. The maximum Gasteiger partial charge on any atom is 0.190 e. The summed E-state index contributed by atoms with van der Waals surface area (Å²) in [6.07, 6.45) is 4.78. The molecule has 0 aromatic rings. The highest BCUT2D eigenvalue weighted by molar-refractivity contribution is 6.04. The normalized spacial score (nSPS) is 55.0. The summed E-state index contributed by atoms with van der Waals surface area (Å²) in [4.78, 5) is 11.7. The minimum atomic E-state index is -0.448. The van der Waals surface area contributed by atoms with Gasteiger partial charge in [-0.2, -0.15) is 0 Å². The topological polar surface area (TPSA) is 29.6 Å². The van der Waals surface area contributed by atoms with Gasteiger partial charge in [-0.3, -0.25) is 4.79 Å². The van der Waals surface area contributed by atoms with Gasteiger partial charge in [0.25, 0.3) is 0 Å². The van der Waals surface area contributed by atoms with E-state index in [2.05, 4.69) is 20.8 Å². The number of ether oxygens (including phenoxy) is 1. The fraction of sp³-hybridized carbons (Fsp3) is 0.727. The average Bonchev–Trinajstić information content (AvgIpc) is 2.82. The first-order valence-corrected chi connectivity index (χ1v) is 4.85. The third-order valence-corrected chi connectivity index (χ3v) is 4.43. The number of carbonyl (C=O) groups is 1. The van der Waals surface area contributed by atoms with E-state index in [1.165, 1.54) is 0 Å². The standard InChI is InChI=1S/C11H14O2/c1-9(2)6-10(9,3)11-7(12)4-5-8(11)13-11/h4-5,8H,6H2,1-3H3. The van der Waals surface area contributed by atoms with Gasteiger partial charge in [-0.05, 0) is 24.0 Å². The first-order chi connectivity index (χ1) is 5.94. The van der Waals surface area contributed by atoms with Crippen molar-refractivity contribution in [2.24, 2.45) is 10.8 Å². The van der Waals surface area contributed by atoms with E-state index in [1.807, 2.05) is 6.08 Å². The molecule has 0 aromatic carbocycles. The Labute approximate surface area is 78.0 Å². The Kier molecular flexibility index (Phi) is 0.972. The fourth-order valence-electron chi connectivity index (χ4n) is 3.03. The van der Waals surface area contributed by atoms with E-state index < -0.39 is 5.60 Å². The molecule has 0 amide bonds. The van der Waals surface area contributed by atoms with Gasteiger partial charge in [0.05, 0.1) is 0 Å². The molecule has 0 spiro atoms. The summed E-state index contributed by atoms with van der Waals surface area (Å²) in [6, 6.07) is 0. The Balaban J connectivity index is 2.02. The highest BCUT2D eigenvalue weighted by Crippen LogP contribution is 2.75. The van der Waals surface area contributed by atoms with Gasteiger partial charge in [-0.15, -0.1) is 0 Å². The molecular weight excluding hydrogens is 164 g/mol. The lowest BCUT2D eigenvalue weighted by Gasteiger charge is -2.20. The molecule has 3 unspecified atom stereocenters. The van der Waals surface area contributed by atoms with Crippen LogP contribution in [0.2, 0.25) is 0 Å². The Morgan fingerprint density at radius 1 is 1.46 bits per heavy atom. The summed E-state index contributed by atoms with van der Waals surface area (Å²) < 4.78 is 5.58. The second-order valence-corrected chi connectivity index (χ2v) is 5.39. The van der Waals surface area contributed by atoms with Crippen LogP contribution in [0, 0.1) is 10.8 Å². The molecule has 2 nitrogen and oxygen atoms in total. The second kappa shape index (κ2) is 1.63. The van der Waals surface area contributed by atoms with Gasteiger partial charge < -0.3 is 4.74 Å². The monoisotopic (exact) mass is 178 g/mol. The number of hydrogen-bond donors (Lipinski definition) is 0. The van der Waals surface area contributed by atoms with E-state index in [4.69, 9.17) is 4.74 Å². The Morgan fingerprint density at radius 3 is 2.38 bits per heavy atom. The predicted octanol–water partition coefficient (Wildman–Crippen LogP) is 1.70. The molecule has 1 saturated heterocycles. The van der Waals surface area contributed by atoms with E-state index in [0.717, 1.165) is 6.42 Å². The molecular formula is C11H14O2. The number of fused-ring (bicyclic) bond motifs is 1. The van der Waals surface area contributed by atoms with Crippen LogP contribution in [0.5, 0.6) is 0 Å². The van der Waals surface area contributed by atoms with Gasteiger partial charge in [-0.25, -0.2) is 0 Å². The molecule has 1 heterocycles. The Hall–Kier alpha value is -0.630. The molecule has 0 bridgehead atoms. The highest BCUT2D eigenvalue weighted by Gasteiger charge is 2.82. The molecule has 3 rings (SSSR count). The number of carbonyl (C=O) groups excluding carboxylic acids is 1. The largest absolute Gasteiger partial charge is 0.352 e. The van der Waals surface area contributed by atoms with E-state index in [1.54, 1.807) is 6.08 Å². The maximum atomic E-state index is 11.7. The van der Waals surface area contributed by atoms with Crippen molar-refractivity contribution in [2.75, 3.05) is 0 Å². The molecule has 3 aliphatic rings. The van der Waals surface area contributed by atoms with Gasteiger partial charge in [0.15, 0.2) is 11.4 Å². The first-order valence-electron chi connectivity index (χ1n) is 4.85. The van der Waals surface area contributed by atoms with E-state index in [9.17, 15) is 4.79 Å². The molecule has 0 radical (unpaired) electrons. The summed E-state index contributed by atoms with van der Waals surface area (Å²) in [5.41, 5.74) is -0.106. The predicted molar refractivity (Wildman–Crippen MR) is 48.3 cm³/mol. The van der Waals surface area contributed by atoms with Crippen LogP contribution in [0.1, 0.15) is 27.2 Å². The minimum absolute atomic E-state index is 0.0747. The molecule has 0 N–H and O–H groups in total. The van der Waals surface area contributed by atoms with Crippen LogP contribution in [-0.2, 0) is 9.53 Å². The first kappa shape index (κ1) is 7.74. The summed E-state index contributed by atoms with van der Waals surface area (Å²) in [6.45, 7) is 6.61. The summed E-state index contributed by atoms with van der Waals surface area (Å²) in [5.74, 6) is 0.186. The lowest BCUT2D eigenvalue weighted by Crippen LogP contribution is -2.35. The van der Waals surface area contributed by atoms with Crippen LogP contribution < -0.4 is 0 Å². The zero-order chi connectivity index (χ0) is 9.48. The molecule has 1 aliphatic heterocycles. The molecule has 2 aliphatic carbocycles. The number of rotatable bonds is 1. The summed E-state index contributed by atoms with van der Waals surface area (Å²) in [7, 11) is 0. The van der Waals surface area contributed by atoms with Crippen LogP contribution in [0.25, 0.3) is 0 Å². The van der Waals surface area contributed by atoms with Crippen molar-refractivity contribution in [1.29, 1.82) is 0 Å². The van der Waals surface area contributed by atoms with Crippen molar-refractivity contribution in [3.63, 3.8) is 0 Å². The highest BCUT2D eigenvalue weighted by atomic mass is 16.6. The summed E-state index contributed by atoms with van der Waals surface area (Å²) >= 11 is 0. The summed E-state index contributed by atoms with van der Waals surface area (Å²) in [5, 5.41) is 0. The van der Waals surface area contributed by atoms with Crippen molar-refractivity contribution in [3.8, 4) is 0 Å². The molecule has 3 atom stereocenters. The second-order valence-electron chi connectivity index (χ2n) is 5.39. The lowest BCUT2D eigenvalue weighted by molar-refractivity contribution is -0.122. The van der Waals surface area contributed by atoms with Crippen LogP contribution >= 0.6 is 0 Å². The Morgan fingerprint density at radius 2 is 2.08 bits per heavy atom. The minimum Gasteiger partial charge on any atom is -0.352 e.